The van der Waals surface area contributed by atoms with Crippen LogP contribution in [-0.4, -0.2) is 21.6 Å². The minimum Gasteiger partial charge on any atom is -0.480 e. The van der Waals surface area contributed by atoms with Crippen molar-refractivity contribution in [3.63, 3.8) is 0 Å². The molecular weight excluding hydrogens is 196 g/mol. The van der Waals surface area contributed by atoms with Crippen molar-refractivity contribution in [3.8, 4) is 0 Å². The van der Waals surface area contributed by atoms with E-state index in [1.165, 1.54) is 17.3 Å². The number of thioether (sulfide) groups is 1. The molecule has 0 fully saturated rings. The quantitative estimate of drug-likeness (QED) is 0.772. The molecule has 0 aliphatic heterocycles. The number of carboxylic acids is 1. The number of hydrogen-bond acceptors (Lipinski definition) is 2. The highest BCUT2D eigenvalue weighted by Gasteiger charge is 2.27. The molecule has 0 heterocycles. The zero-order valence-corrected chi connectivity index (χ0v) is 9.00. The molecule has 0 saturated carbocycles. The van der Waals surface area contributed by atoms with Gasteiger partial charge in [-0.05, 0) is 20.8 Å². The van der Waals surface area contributed by atoms with Crippen molar-refractivity contribution < 1.29 is 9.90 Å². The molecule has 0 aliphatic rings. The minimum atomic E-state index is -0.796. The van der Waals surface area contributed by atoms with Crippen LogP contribution < -0.4 is 0 Å². The Bertz CT molecular complexity index is 199. The van der Waals surface area contributed by atoms with Gasteiger partial charge in [0.2, 0.25) is 0 Å². The SMILES string of the molecule is CC(=CCl)CSC(C)(C)C(=O)O. The molecule has 0 spiro atoms. The van der Waals surface area contributed by atoms with Gasteiger partial charge in [-0.3, -0.25) is 4.79 Å². The van der Waals surface area contributed by atoms with Crippen molar-refractivity contribution in [1.29, 1.82) is 0 Å². The lowest BCUT2D eigenvalue weighted by molar-refractivity contribution is -0.138. The summed E-state index contributed by atoms with van der Waals surface area (Å²) in [4.78, 5) is 10.6. The first-order valence-electron chi connectivity index (χ1n) is 3.53. The third-order valence-corrected chi connectivity index (χ3v) is 3.23. The second-order valence-corrected chi connectivity index (χ2v) is 4.88. The van der Waals surface area contributed by atoms with E-state index in [9.17, 15) is 4.79 Å². The van der Waals surface area contributed by atoms with Crippen LogP contribution >= 0.6 is 23.4 Å². The first-order valence-corrected chi connectivity index (χ1v) is 4.95. The molecule has 1 N–H and O–H groups in total. The maximum atomic E-state index is 10.6. The topological polar surface area (TPSA) is 37.3 Å². The number of aliphatic carboxylic acids is 1. The van der Waals surface area contributed by atoms with Crippen molar-refractivity contribution in [2.24, 2.45) is 0 Å². The Balaban J connectivity index is 4.01. The van der Waals surface area contributed by atoms with Gasteiger partial charge in [-0.15, -0.1) is 11.8 Å². The van der Waals surface area contributed by atoms with E-state index < -0.39 is 10.7 Å². The maximum absolute atomic E-state index is 10.6. The van der Waals surface area contributed by atoms with E-state index in [4.69, 9.17) is 16.7 Å². The van der Waals surface area contributed by atoms with Gasteiger partial charge in [0.25, 0.3) is 0 Å². The van der Waals surface area contributed by atoms with Gasteiger partial charge in [-0.25, -0.2) is 0 Å². The third-order valence-electron chi connectivity index (χ3n) is 1.36. The van der Waals surface area contributed by atoms with Gasteiger partial charge in [0, 0.05) is 11.3 Å². The summed E-state index contributed by atoms with van der Waals surface area (Å²) >= 11 is 6.80. The van der Waals surface area contributed by atoms with Crippen LogP contribution in [0.5, 0.6) is 0 Å². The Morgan fingerprint density at radius 3 is 2.50 bits per heavy atom. The molecule has 0 radical (unpaired) electrons. The van der Waals surface area contributed by atoms with Gasteiger partial charge >= 0.3 is 5.97 Å². The van der Waals surface area contributed by atoms with Crippen molar-refractivity contribution in [2.45, 2.75) is 25.5 Å². The van der Waals surface area contributed by atoms with Gasteiger partial charge in [0.15, 0.2) is 0 Å². The molecule has 0 aliphatic carbocycles. The lowest BCUT2D eigenvalue weighted by Gasteiger charge is -2.18. The average molecular weight is 209 g/mol. The van der Waals surface area contributed by atoms with Crippen LogP contribution in [-0.2, 0) is 4.79 Å². The van der Waals surface area contributed by atoms with Crippen molar-refractivity contribution in [3.05, 3.63) is 11.1 Å². The summed E-state index contributed by atoms with van der Waals surface area (Å²) in [6.07, 6.45) is 0. The summed E-state index contributed by atoms with van der Waals surface area (Å²) in [7, 11) is 0. The lowest BCUT2D eigenvalue weighted by atomic mass is 10.2. The molecule has 0 aromatic carbocycles. The molecule has 0 saturated heterocycles. The summed E-state index contributed by atoms with van der Waals surface area (Å²) in [6.45, 7) is 5.24. The Morgan fingerprint density at radius 2 is 2.17 bits per heavy atom. The molecule has 0 bridgehead atoms. The molecule has 4 heteroatoms. The highest BCUT2D eigenvalue weighted by molar-refractivity contribution is 8.01. The second kappa shape index (κ2) is 4.77. The molecular formula is C8H13ClO2S. The minimum absolute atomic E-state index is 0.656. The molecule has 70 valence electrons. The molecule has 0 aromatic rings. The van der Waals surface area contributed by atoms with Crippen LogP contribution in [0.15, 0.2) is 11.1 Å². The van der Waals surface area contributed by atoms with Crippen LogP contribution in [0.3, 0.4) is 0 Å². The maximum Gasteiger partial charge on any atom is 0.319 e. The standard InChI is InChI=1S/C8H13ClO2S/c1-6(4-9)5-12-8(2,3)7(10)11/h4H,5H2,1-3H3,(H,10,11). The molecule has 2 nitrogen and oxygen atoms in total. The highest BCUT2D eigenvalue weighted by Crippen LogP contribution is 2.26. The normalized spacial score (nSPS) is 13.2. The van der Waals surface area contributed by atoms with E-state index in [1.807, 2.05) is 6.92 Å². The lowest BCUT2D eigenvalue weighted by Crippen LogP contribution is -2.27. The number of carbonyl (C=O) groups is 1. The predicted molar refractivity (Wildman–Crippen MR) is 53.8 cm³/mol. The van der Waals surface area contributed by atoms with Crippen LogP contribution in [0.4, 0.5) is 0 Å². The highest BCUT2D eigenvalue weighted by atomic mass is 35.5. The predicted octanol–water partition coefficient (Wildman–Crippen LogP) is 2.73. The fourth-order valence-electron chi connectivity index (χ4n) is 0.387. The summed E-state index contributed by atoms with van der Waals surface area (Å²) in [5.74, 6) is -0.141. The third kappa shape index (κ3) is 4.02. The molecule has 0 amide bonds. The van der Waals surface area contributed by atoms with E-state index in [0.717, 1.165) is 5.57 Å². The number of halogens is 1. The largest absolute Gasteiger partial charge is 0.480 e. The van der Waals surface area contributed by atoms with Gasteiger partial charge < -0.3 is 5.11 Å². The zero-order chi connectivity index (χ0) is 9.78. The number of hydrogen-bond donors (Lipinski definition) is 1. The van der Waals surface area contributed by atoms with Crippen molar-refractivity contribution >= 4 is 29.3 Å². The fourth-order valence-corrected chi connectivity index (χ4v) is 1.35. The van der Waals surface area contributed by atoms with Crippen molar-refractivity contribution in [1.82, 2.24) is 0 Å². The Morgan fingerprint density at radius 1 is 1.67 bits per heavy atom. The summed E-state index contributed by atoms with van der Waals surface area (Å²) < 4.78 is -0.735. The Labute approximate surface area is 82.0 Å². The van der Waals surface area contributed by atoms with E-state index in [0.29, 0.717) is 5.75 Å². The first kappa shape index (κ1) is 11.8. The van der Waals surface area contributed by atoms with Crippen LogP contribution in [0.1, 0.15) is 20.8 Å². The molecule has 12 heavy (non-hydrogen) atoms. The molecule has 0 atom stereocenters. The van der Waals surface area contributed by atoms with Crippen molar-refractivity contribution in [2.75, 3.05) is 5.75 Å². The number of rotatable bonds is 4. The first-order chi connectivity index (χ1) is 5.40. The molecule has 0 unspecified atom stereocenters. The summed E-state index contributed by atoms with van der Waals surface area (Å²) in [5.41, 5.74) is 2.46. The molecule has 0 aromatic heterocycles. The van der Waals surface area contributed by atoms with E-state index in [1.54, 1.807) is 13.8 Å². The monoisotopic (exact) mass is 208 g/mol. The van der Waals surface area contributed by atoms with Crippen LogP contribution in [0.25, 0.3) is 0 Å². The van der Waals surface area contributed by atoms with E-state index in [2.05, 4.69) is 0 Å². The average Bonchev–Trinajstić information content (AvgIpc) is 2.00. The second-order valence-electron chi connectivity index (χ2n) is 3.06. The van der Waals surface area contributed by atoms with Gasteiger partial charge in [0.05, 0.1) is 0 Å². The van der Waals surface area contributed by atoms with Gasteiger partial charge in [-0.2, -0.15) is 0 Å². The summed E-state index contributed by atoms with van der Waals surface area (Å²) in [5, 5.41) is 8.75. The smallest absolute Gasteiger partial charge is 0.319 e. The Kier molecular flexibility index (Phi) is 4.71. The van der Waals surface area contributed by atoms with Crippen LogP contribution in [0, 0.1) is 0 Å². The summed E-state index contributed by atoms with van der Waals surface area (Å²) in [6, 6.07) is 0. The van der Waals surface area contributed by atoms with Gasteiger partial charge in [-0.1, -0.05) is 17.2 Å². The van der Waals surface area contributed by atoms with Crippen LogP contribution in [0.2, 0.25) is 0 Å². The van der Waals surface area contributed by atoms with Gasteiger partial charge in [0.1, 0.15) is 4.75 Å². The number of carboxylic acid groups (broad SMARTS) is 1. The van der Waals surface area contributed by atoms with E-state index >= 15 is 0 Å². The van der Waals surface area contributed by atoms with E-state index in [-0.39, 0.29) is 0 Å². The fraction of sp³-hybridized carbons (Fsp3) is 0.625. The zero-order valence-electron chi connectivity index (χ0n) is 7.43. The molecule has 0 rings (SSSR count). The Hall–Kier alpha value is -0.150.